The van der Waals surface area contributed by atoms with Gasteiger partial charge in [0, 0.05) is 43.2 Å². The van der Waals surface area contributed by atoms with Gasteiger partial charge < -0.3 is 9.80 Å². The van der Waals surface area contributed by atoms with Gasteiger partial charge in [-0.15, -0.1) is 0 Å². The summed E-state index contributed by atoms with van der Waals surface area (Å²) in [6.45, 7) is 8.48. The molecule has 0 saturated carbocycles. The van der Waals surface area contributed by atoms with Crippen LogP contribution in [0.15, 0.2) is 48.5 Å². The fourth-order valence-electron chi connectivity index (χ4n) is 3.39. The average Bonchev–Trinajstić information content (AvgIpc) is 2.83. The van der Waals surface area contributed by atoms with Crippen molar-refractivity contribution < 1.29 is 9.59 Å². The van der Waals surface area contributed by atoms with Crippen molar-refractivity contribution in [2.75, 3.05) is 19.6 Å². The lowest BCUT2D eigenvalue weighted by Crippen LogP contribution is -2.35. The normalized spacial score (nSPS) is 15.5. The Morgan fingerprint density at radius 1 is 1.04 bits per heavy atom. The number of hydrogen-bond donors (Lipinski definition) is 0. The largest absolute Gasteiger partial charge is 0.337 e. The van der Waals surface area contributed by atoms with Gasteiger partial charge in [-0.1, -0.05) is 56.6 Å². The zero-order valence-corrected chi connectivity index (χ0v) is 17.5. The summed E-state index contributed by atoms with van der Waals surface area (Å²) in [6.07, 6.45) is 0.340. The number of amides is 2. The minimum Gasteiger partial charge on any atom is -0.337 e. The maximum absolute atomic E-state index is 12.9. The van der Waals surface area contributed by atoms with E-state index in [0.29, 0.717) is 43.2 Å². The van der Waals surface area contributed by atoms with E-state index in [0.717, 1.165) is 5.56 Å². The molecule has 2 aromatic rings. The van der Waals surface area contributed by atoms with E-state index in [2.05, 4.69) is 20.8 Å². The highest BCUT2D eigenvalue weighted by atomic mass is 35.5. The minimum absolute atomic E-state index is 0.0159. The topological polar surface area (TPSA) is 40.6 Å². The number of benzene rings is 2. The predicted octanol–water partition coefficient (Wildman–Crippen LogP) is 4.51. The molecule has 1 saturated heterocycles. The van der Waals surface area contributed by atoms with Crippen LogP contribution >= 0.6 is 11.6 Å². The van der Waals surface area contributed by atoms with Gasteiger partial charge in [0.2, 0.25) is 5.91 Å². The standard InChI is InChI=1S/C23H27ClN2O2/c1-23(2,3)19-9-7-18(8-10-19)22(28)25-12-11-21(27)26(14-13-25)16-17-5-4-6-20(24)15-17/h4-10,15H,11-14,16H2,1-3H3. The molecule has 0 N–H and O–H groups in total. The molecule has 148 valence electrons. The first kappa shape index (κ1) is 20.4. The molecule has 0 radical (unpaired) electrons. The van der Waals surface area contributed by atoms with Crippen LogP contribution in [0.3, 0.4) is 0 Å². The van der Waals surface area contributed by atoms with Crippen molar-refractivity contribution in [2.24, 2.45) is 0 Å². The van der Waals surface area contributed by atoms with Crippen LogP contribution in [-0.2, 0) is 16.8 Å². The highest BCUT2D eigenvalue weighted by Crippen LogP contribution is 2.23. The molecule has 0 aliphatic carbocycles. The van der Waals surface area contributed by atoms with Gasteiger partial charge >= 0.3 is 0 Å². The Morgan fingerprint density at radius 3 is 2.39 bits per heavy atom. The summed E-state index contributed by atoms with van der Waals surface area (Å²) in [6, 6.07) is 15.4. The van der Waals surface area contributed by atoms with Crippen LogP contribution in [-0.4, -0.2) is 41.2 Å². The van der Waals surface area contributed by atoms with Crippen molar-refractivity contribution in [3.63, 3.8) is 0 Å². The Morgan fingerprint density at radius 2 is 1.75 bits per heavy atom. The Bertz CT molecular complexity index is 856. The lowest BCUT2D eigenvalue weighted by Gasteiger charge is -2.23. The van der Waals surface area contributed by atoms with E-state index < -0.39 is 0 Å². The molecule has 3 rings (SSSR count). The number of hydrogen-bond acceptors (Lipinski definition) is 2. The molecule has 1 aliphatic heterocycles. The molecule has 2 amide bonds. The van der Waals surface area contributed by atoms with Crippen molar-refractivity contribution in [3.8, 4) is 0 Å². The molecular weight excluding hydrogens is 372 g/mol. The van der Waals surface area contributed by atoms with E-state index in [-0.39, 0.29) is 17.2 Å². The fourth-order valence-corrected chi connectivity index (χ4v) is 3.60. The Hall–Kier alpha value is -2.33. The van der Waals surface area contributed by atoms with E-state index in [9.17, 15) is 9.59 Å². The summed E-state index contributed by atoms with van der Waals surface area (Å²) in [4.78, 5) is 29.0. The van der Waals surface area contributed by atoms with Gasteiger partial charge in [0.05, 0.1) is 0 Å². The third-order valence-corrected chi connectivity index (χ3v) is 5.37. The Kier molecular flexibility index (Phi) is 6.09. The van der Waals surface area contributed by atoms with Gasteiger partial charge in [-0.05, 0) is 40.8 Å². The maximum Gasteiger partial charge on any atom is 0.253 e. The second-order valence-corrected chi connectivity index (χ2v) is 8.75. The second-order valence-electron chi connectivity index (χ2n) is 8.31. The second kappa shape index (κ2) is 8.36. The Balaban J connectivity index is 1.66. The molecule has 0 bridgehead atoms. The van der Waals surface area contributed by atoms with Gasteiger partial charge in [-0.2, -0.15) is 0 Å². The maximum atomic E-state index is 12.9. The number of nitrogens with zero attached hydrogens (tertiary/aromatic N) is 2. The van der Waals surface area contributed by atoms with Crippen molar-refractivity contribution in [2.45, 2.75) is 39.2 Å². The molecule has 4 nitrogen and oxygen atoms in total. The van der Waals surface area contributed by atoms with Crippen LogP contribution in [0.25, 0.3) is 0 Å². The molecule has 0 unspecified atom stereocenters. The number of rotatable bonds is 3. The van der Waals surface area contributed by atoms with Crippen molar-refractivity contribution >= 4 is 23.4 Å². The zero-order chi connectivity index (χ0) is 20.3. The molecule has 1 aliphatic rings. The van der Waals surface area contributed by atoms with Crippen molar-refractivity contribution in [3.05, 3.63) is 70.2 Å². The van der Waals surface area contributed by atoms with Gasteiger partial charge in [0.25, 0.3) is 5.91 Å². The number of halogens is 1. The average molecular weight is 399 g/mol. The molecule has 0 aromatic heterocycles. The molecule has 28 heavy (non-hydrogen) atoms. The van der Waals surface area contributed by atoms with Gasteiger partial charge in [0.15, 0.2) is 0 Å². The van der Waals surface area contributed by atoms with E-state index in [1.807, 2.05) is 53.4 Å². The lowest BCUT2D eigenvalue weighted by molar-refractivity contribution is -0.130. The summed E-state index contributed by atoms with van der Waals surface area (Å²) in [5.74, 6) is 0.0521. The monoisotopic (exact) mass is 398 g/mol. The molecule has 0 spiro atoms. The Labute approximate surface area is 172 Å². The summed E-state index contributed by atoms with van der Waals surface area (Å²) < 4.78 is 0. The SMILES string of the molecule is CC(C)(C)c1ccc(C(=O)N2CCC(=O)N(Cc3cccc(Cl)c3)CC2)cc1. The van der Waals surface area contributed by atoms with Crippen LogP contribution in [0.2, 0.25) is 5.02 Å². The van der Waals surface area contributed by atoms with Gasteiger partial charge in [0.1, 0.15) is 0 Å². The molecule has 1 heterocycles. The van der Waals surface area contributed by atoms with Crippen LogP contribution in [0.5, 0.6) is 0 Å². The molecular formula is C23H27ClN2O2. The molecule has 0 atom stereocenters. The van der Waals surface area contributed by atoms with E-state index >= 15 is 0 Å². The van der Waals surface area contributed by atoms with Crippen molar-refractivity contribution in [1.82, 2.24) is 9.80 Å². The van der Waals surface area contributed by atoms with E-state index in [4.69, 9.17) is 11.6 Å². The van der Waals surface area contributed by atoms with Gasteiger partial charge in [-0.3, -0.25) is 9.59 Å². The molecule has 1 fully saturated rings. The van der Waals surface area contributed by atoms with Crippen LogP contribution < -0.4 is 0 Å². The van der Waals surface area contributed by atoms with Gasteiger partial charge in [-0.25, -0.2) is 0 Å². The highest BCUT2D eigenvalue weighted by Gasteiger charge is 2.25. The lowest BCUT2D eigenvalue weighted by atomic mass is 9.86. The summed E-state index contributed by atoms with van der Waals surface area (Å²) in [5.41, 5.74) is 2.92. The first-order valence-corrected chi connectivity index (χ1v) is 10.0. The summed E-state index contributed by atoms with van der Waals surface area (Å²) in [7, 11) is 0. The van der Waals surface area contributed by atoms with Crippen LogP contribution in [0, 0.1) is 0 Å². The highest BCUT2D eigenvalue weighted by molar-refractivity contribution is 6.30. The van der Waals surface area contributed by atoms with Crippen LogP contribution in [0.4, 0.5) is 0 Å². The minimum atomic E-state index is -0.0159. The third-order valence-electron chi connectivity index (χ3n) is 5.14. The fraction of sp³-hybridized carbons (Fsp3) is 0.391. The summed E-state index contributed by atoms with van der Waals surface area (Å²) in [5, 5.41) is 0.662. The van der Waals surface area contributed by atoms with Crippen LogP contribution in [0.1, 0.15) is 48.7 Å². The third kappa shape index (κ3) is 4.93. The first-order chi connectivity index (χ1) is 13.2. The van der Waals surface area contributed by atoms with Crippen molar-refractivity contribution in [1.29, 1.82) is 0 Å². The summed E-state index contributed by atoms with van der Waals surface area (Å²) >= 11 is 6.05. The first-order valence-electron chi connectivity index (χ1n) is 9.66. The quantitative estimate of drug-likeness (QED) is 0.763. The smallest absolute Gasteiger partial charge is 0.253 e. The number of carbonyl (C=O) groups excluding carboxylic acids is 2. The van der Waals surface area contributed by atoms with E-state index in [1.165, 1.54) is 5.56 Å². The molecule has 2 aromatic carbocycles. The van der Waals surface area contributed by atoms with E-state index in [1.54, 1.807) is 4.90 Å². The number of carbonyl (C=O) groups is 2. The molecule has 5 heteroatoms. The predicted molar refractivity (Wildman–Crippen MR) is 113 cm³/mol. The zero-order valence-electron chi connectivity index (χ0n) is 16.7.